The van der Waals surface area contributed by atoms with E-state index in [1.54, 1.807) is 0 Å². The van der Waals surface area contributed by atoms with Crippen molar-refractivity contribution in [3.63, 3.8) is 0 Å². The van der Waals surface area contributed by atoms with Crippen molar-refractivity contribution < 1.29 is 4.79 Å². The van der Waals surface area contributed by atoms with Crippen molar-refractivity contribution >= 4 is 17.5 Å². The Hall–Kier alpha value is -0.240. The first-order valence-corrected chi connectivity index (χ1v) is 7.04. The molecule has 2 fully saturated rings. The van der Waals surface area contributed by atoms with Crippen molar-refractivity contribution in [1.82, 2.24) is 4.90 Å². The van der Waals surface area contributed by atoms with Crippen LogP contribution < -0.4 is 0 Å². The summed E-state index contributed by atoms with van der Waals surface area (Å²) in [5.74, 6) is 0.630. The van der Waals surface area contributed by atoms with E-state index in [-0.39, 0.29) is 17.3 Å². The van der Waals surface area contributed by atoms with Crippen molar-refractivity contribution in [2.24, 2.45) is 5.92 Å². The fourth-order valence-electron chi connectivity index (χ4n) is 3.13. The summed E-state index contributed by atoms with van der Waals surface area (Å²) in [5, 5.41) is 0.170. The zero-order valence-corrected chi connectivity index (χ0v) is 10.9. The van der Waals surface area contributed by atoms with E-state index in [2.05, 4.69) is 0 Å². The van der Waals surface area contributed by atoms with Gasteiger partial charge in [0, 0.05) is 19.0 Å². The molecule has 2 rings (SSSR count). The molecule has 0 radical (unpaired) electrons. The molecule has 2 nitrogen and oxygen atoms in total. The predicted molar refractivity (Wildman–Crippen MR) is 66.6 cm³/mol. The summed E-state index contributed by atoms with van der Waals surface area (Å²) in [7, 11) is 1.95. The third-order valence-corrected chi connectivity index (χ3v) is 4.71. The van der Waals surface area contributed by atoms with E-state index in [1.165, 1.54) is 25.7 Å². The highest BCUT2D eigenvalue weighted by molar-refractivity contribution is 6.21. The standard InChI is InChI=1S/C13H22ClNO/c1-15(12-9-5-4-8-11(12)14)13(16)10-6-2-3-7-10/h10-12H,2-9H2,1H3. The van der Waals surface area contributed by atoms with Gasteiger partial charge in [-0.3, -0.25) is 4.79 Å². The van der Waals surface area contributed by atoms with E-state index in [4.69, 9.17) is 11.6 Å². The quantitative estimate of drug-likeness (QED) is 0.683. The molecule has 0 N–H and O–H groups in total. The Balaban J connectivity index is 1.94. The van der Waals surface area contributed by atoms with Crippen LogP contribution in [0.4, 0.5) is 0 Å². The first kappa shape index (κ1) is 12.2. The molecule has 16 heavy (non-hydrogen) atoms. The molecular weight excluding hydrogens is 222 g/mol. The van der Waals surface area contributed by atoms with Crippen molar-refractivity contribution in [2.45, 2.75) is 62.8 Å². The van der Waals surface area contributed by atoms with Gasteiger partial charge >= 0.3 is 0 Å². The Morgan fingerprint density at radius 3 is 2.25 bits per heavy atom. The summed E-state index contributed by atoms with van der Waals surface area (Å²) in [5.41, 5.74) is 0. The predicted octanol–water partition coefficient (Wildman–Crippen LogP) is 3.19. The zero-order valence-electron chi connectivity index (χ0n) is 10.1. The molecule has 0 aromatic rings. The lowest BCUT2D eigenvalue weighted by molar-refractivity contribution is -0.136. The second-order valence-electron chi connectivity index (χ2n) is 5.30. The third-order valence-electron chi connectivity index (χ3n) is 4.20. The molecule has 2 aliphatic rings. The summed E-state index contributed by atoms with van der Waals surface area (Å²) in [6.07, 6.45) is 9.20. The van der Waals surface area contributed by atoms with E-state index >= 15 is 0 Å². The summed E-state index contributed by atoms with van der Waals surface area (Å²) < 4.78 is 0. The summed E-state index contributed by atoms with van der Waals surface area (Å²) in [6.45, 7) is 0. The normalized spacial score (nSPS) is 31.6. The first-order valence-electron chi connectivity index (χ1n) is 6.61. The fourth-order valence-corrected chi connectivity index (χ4v) is 3.58. The fraction of sp³-hybridized carbons (Fsp3) is 0.923. The van der Waals surface area contributed by atoms with Gasteiger partial charge in [0.15, 0.2) is 0 Å². The van der Waals surface area contributed by atoms with Crippen LogP contribution in [0.15, 0.2) is 0 Å². The zero-order chi connectivity index (χ0) is 11.5. The molecule has 92 valence electrons. The molecule has 0 aromatic carbocycles. The highest BCUT2D eigenvalue weighted by Crippen LogP contribution is 2.31. The summed E-state index contributed by atoms with van der Waals surface area (Å²) in [4.78, 5) is 14.2. The van der Waals surface area contributed by atoms with Gasteiger partial charge in [0.1, 0.15) is 0 Å². The van der Waals surface area contributed by atoms with Crippen LogP contribution in [0.1, 0.15) is 51.4 Å². The number of amides is 1. The van der Waals surface area contributed by atoms with E-state index in [0.717, 1.165) is 25.7 Å². The first-order chi connectivity index (χ1) is 7.70. The number of carbonyl (C=O) groups excluding carboxylic acids is 1. The number of carbonyl (C=O) groups is 1. The average molecular weight is 244 g/mol. The lowest BCUT2D eigenvalue weighted by Gasteiger charge is -2.36. The summed E-state index contributed by atoms with van der Waals surface area (Å²) in [6, 6.07) is 0.281. The monoisotopic (exact) mass is 243 g/mol. The van der Waals surface area contributed by atoms with Gasteiger partial charge in [-0.1, -0.05) is 25.7 Å². The number of rotatable bonds is 2. The molecule has 1 amide bonds. The molecule has 2 unspecified atom stereocenters. The lowest BCUT2D eigenvalue weighted by atomic mass is 9.93. The number of hydrogen-bond acceptors (Lipinski definition) is 1. The highest BCUT2D eigenvalue weighted by atomic mass is 35.5. The van der Waals surface area contributed by atoms with Crippen LogP contribution in [-0.2, 0) is 4.79 Å². The van der Waals surface area contributed by atoms with Crippen LogP contribution in [0.3, 0.4) is 0 Å². The molecule has 0 saturated heterocycles. The van der Waals surface area contributed by atoms with Gasteiger partial charge in [0.05, 0.1) is 5.38 Å². The molecule has 2 aliphatic carbocycles. The number of nitrogens with zero attached hydrogens (tertiary/aromatic N) is 1. The van der Waals surface area contributed by atoms with E-state index in [9.17, 15) is 4.79 Å². The van der Waals surface area contributed by atoms with E-state index in [1.807, 2.05) is 11.9 Å². The Bertz CT molecular complexity index is 250. The van der Waals surface area contributed by atoms with Gasteiger partial charge in [-0.25, -0.2) is 0 Å². The van der Waals surface area contributed by atoms with Gasteiger partial charge in [0.25, 0.3) is 0 Å². The van der Waals surface area contributed by atoms with Gasteiger partial charge in [-0.2, -0.15) is 0 Å². The minimum atomic E-state index is 0.170. The van der Waals surface area contributed by atoms with Crippen molar-refractivity contribution in [2.75, 3.05) is 7.05 Å². The largest absolute Gasteiger partial charge is 0.341 e. The maximum absolute atomic E-state index is 12.3. The molecule has 3 heteroatoms. The van der Waals surface area contributed by atoms with Crippen LogP contribution in [0, 0.1) is 5.92 Å². The Labute approximate surface area is 103 Å². The average Bonchev–Trinajstić information content (AvgIpc) is 2.81. The molecule has 0 heterocycles. The topological polar surface area (TPSA) is 20.3 Å². The van der Waals surface area contributed by atoms with E-state index in [0.29, 0.717) is 5.91 Å². The summed E-state index contributed by atoms with van der Waals surface area (Å²) >= 11 is 6.33. The minimum Gasteiger partial charge on any atom is -0.341 e. The maximum Gasteiger partial charge on any atom is 0.225 e. The maximum atomic E-state index is 12.3. The van der Waals surface area contributed by atoms with Gasteiger partial charge < -0.3 is 4.90 Å². The molecule has 2 atom stereocenters. The van der Waals surface area contributed by atoms with Gasteiger partial charge in [-0.05, 0) is 25.7 Å². The molecular formula is C13H22ClNO. The van der Waals surface area contributed by atoms with Crippen LogP contribution in [0.2, 0.25) is 0 Å². The van der Waals surface area contributed by atoms with Gasteiger partial charge in [-0.15, -0.1) is 11.6 Å². The van der Waals surface area contributed by atoms with Crippen molar-refractivity contribution in [1.29, 1.82) is 0 Å². The Kier molecular flexibility index (Phi) is 4.12. The molecule has 0 aromatic heterocycles. The van der Waals surface area contributed by atoms with E-state index < -0.39 is 0 Å². The van der Waals surface area contributed by atoms with Crippen LogP contribution in [0.25, 0.3) is 0 Å². The lowest BCUT2D eigenvalue weighted by Crippen LogP contribution is -2.46. The smallest absolute Gasteiger partial charge is 0.225 e. The van der Waals surface area contributed by atoms with Crippen LogP contribution in [-0.4, -0.2) is 29.3 Å². The number of alkyl halides is 1. The molecule has 0 aliphatic heterocycles. The Morgan fingerprint density at radius 1 is 1.06 bits per heavy atom. The molecule has 2 saturated carbocycles. The number of hydrogen-bond donors (Lipinski definition) is 0. The van der Waals surface area contributed by atoms with Crippen molar-refractivity contribution in [3.8, 4) is 0 Å². The van der Waals surface area contributed by atoms with Crippen molar-refractivity contribution in [3.05, 3.63) is 0 Å². The third kappa shape index (κ3) is 2.53. The minimum absolute atomic E-state index is 0.170. The second-order valence-corrected chi connectivity index (χ2v) is 5.86. The van der Waals surface area contributed by atoms with Crippen LogP contribution >= 0.6 is 11.6 Å². The molecule has 0 bridgehead atoms. The van der Waals surface area contributed by atoms with Gasteiger partial charge in [0.2, 0.25) is 5.91 Å². The van der Waals surface area contributed by atoms with Crippen LogP contribution in [0.5, 0.6) is 0 Å². The molecule has 0 spiro atoms. The number of halogens is 1. The SMILES string of the molecule is CN(C(=O)C1CCCC1)C1CCCCC1Cl. The Morgan fingerprint density at radius 2 is 1.62 bits per heavy atom. The highest BCUT2D eigenvalue weighted by Gasteiger charge is 2.33. The second kappa shape index (κ2) is 5.39.